The number of fused-ring (bicyclic) bond motifs is 1. The molecule has 1 aromatic heterocycles. The van der Waals surface area contributed by atoms with E-state index in [1.165, 1.54) is 44.8 Å². The van der Waals surface area contributed by atoms with Crippen molar-refractivity contribution in [3.05, 3.63) is 153 Å². The van der Waals surface area contributed by atoms with E-state index in [1.807, 2.05) is 73.7 Å². The molecule has 15 heteroatoms. The first kappa shape index (κ1) is 36.9. The third-order valence-electron chi connectivity index (χ3n) is 8.59. The minimum absolute atomic E-state index is 0.0508. The first-order chi connectivity index (χ1) is 25.7. The van der Waals surface area contributed by atoms with Crippen LogP contribution in [0, 0.1) is 0 Å². The van der Waals surface area contributed by atoms with Crippen LogP contribution >= 0.6 is 58.5 Å². The van der Waals surface area contributed by atoms with Gasteiger partial charge in [0.15, 0.2) is 6.10 Å². The second-order valence-corrected chi connectivity index (χ2v) is 16.4. The first-order valence-corrected chi connectivity index (χ1v) is 20.2. The average Bonchev–Trinajstić information content (AvgIpc) is 3.55. The molecule has 4 heterocycles. The molecule has 1 saturated heterocycles. The lowest BCUT2D eigenvalue weighted by Crippen LogP contribution is -2.70. The van der Waals surface area contributed by atoms with Gasteiger partial charge in [0.05, 0.1) is 34.4 Å². The zero-order chi connectivity index (χ0) is 37.1. The minimum atomic E-state index is -0.840. The Hall–Kier alpha value is -4.40. The number of aromatic nitrogens is 1. The van der Waals surface area contributed by atoms with E-state index < -0.39 is 29.4 Å². The molecule has 0 radical (unpaired) electrons. The predicted molar refractivity (Wildman–Crippen MR) is 208 cm³/mol. The standard InChI is InChI=1S/C38H31Cl2N5O5S3/c1-23-44(42-38(49)43-17-9-4-10-18-43)20-30(53-23)27-21-52-36-32(41-31(46)22-51-26-15-16-28(39)29(40)19-26)35(47)45(36)33(27)37(48)50-34(24-11-5-2-6-12-24)25-13-7-3-8-14-25/h2-20,23,32,34,36H,21-22H2,1H3,(H-,41,42,46,49)/p+1. The van der Waals surface area contributed by atoms with Gasteiger partial charge in [0.25, 0.3) is 5.91 Å². The van der Waals surface area contributed by atoms with Crippen LogP contribution in [0.3, 0.4) is 0 Å². The highest BCUT2D eigenvalue weighted by Crippen LogP contribution is 2.47. The van der Waals surface area contributed by atoms with Crippen molar-refractivity contribution in [3.8, 4) is 0 Å². The van der Waals surface area contributed by atoms with Crippen LogP contribution in [0.2, 0.25) is 10.0 Å². The molecule has 3 atom stereocenters. The summed E-state index contributed by atoms with van der Waals surface area (Å²) < 4.78 is 7.74. The van der Waals surface area contributed by atoms with Gasteiger partial charge in [-0.3, -0.25) is 14.5 Å². The van der Waals surface area contributed by atoms with Crippen LogP contribution in [0.25, 0.3) is 0 Å². The highest BCUT2D eigenvalue weighted by Gasteiger charge is 2.55. The number of thioether (sulfide) groups is 3. The average molecular weight is 806 g/mol. The van der Waals surface area contributed by atoms with Gasteiger partial charge in [-0.15, -0.1) is 28.9 Å². The summed E-state index contributed by atoms with van der Waals surface area (Å²) in [5, 5.41) is 4.59. The van der Waals surface area contributed by atoms with E-state index in [0.717, 1.165) is 16.0 Å². The van der Waals surface area contributed by atoms with Crippen LogP contribution < -0.4 is 15.3 Å². The fourth-order valence-corrected chi connectivity index (χ4v) is 9.60. The molecule has 1 fully saturated rings. The van der Waals surface area contributed by atoms with Gasteiger partial charge in [0.1, 0.15) is 22.5 Å². The number of carbonyl (C=O) groups excluding carboxylic acids is 4. The summed E-state index contributed by atoms with van der Waals surface area (Å²) in [4.78, 5) is 57.4. The van der Waals surface area contributed by atoms with Gasteiger partial charge in [-0.05, 0) is 48.4 Å². The number of carbonyl (C=O) groups is 4. The summed E-state index contributed by atoms with van der Waals surface area (Å²) in [6, 6.07) is 28.1. The normalized spacial score (nSPS) is 19.4. The SMILES string of the molecule is CC1SC(C2=C(C(=O)OC(c3ccccc3)c3ccccc3)N3C(=O)C(NC(=O)CSc4ccc(Cl)c(Cl)c4)C3SC2)=CN1NC(=O)[n+]1ccccc1. The zero-order valence-corrected chi connectivity index (χ0v) is 32.0. The number of hydrogen-bond acceptors (Lipinski definition) is 9. The third-order valence-corrected chi connectivity index (χ3v) is 12.8. The molecule has 10 nitrogen and oxygen atoms in total. The number of hydrogen-bond donors (Lipinski definition) is 2. The molecule has 0 spiro atoms. The van der Waals surface area contributed by atoms with Crippen LogP contribution in [-0.4, -0.2) is 62.0 Å². The van der Waals surface area contributed by atoms with E-state index in [1.54, 1.807) is 53.9 Å². The molecular weight excluding hydrogens is 774 g/mol. The number of benzene rings is 3. The van der Waals surface area contributed by atoms with E-state index in [2.05, 4.69) is 10.7 Å². The Kier molecular flexibility index (Phi) is 11.4. The summed E-state index contributed by atoms with van der Waals surface area (Å²) in [7, 11) is 0. The fourth-order valence-electron chi connectivity index (χ4n) is 5.95. The second-order valence-electron chi connectivity index (χ2n) is 12.1. The van der Waals surface area contributed by atoms with Crippen molar-refractivity contribution in [3.63, 3.8) is 0 Å². The Morgan fingerprint density at radius 1 is 0.943 bits per heavy atom. The van der Waals surface area contributed by atoms with Crippen LogP contribution in [0.4, 0.5) is 4.79 Å². The fraction of sp³-hybridized carbons (Fsp3) is 0.184. The second kappa shape index (κ2) is 16.3. The van der Waals surface area contributed by atoms with Gasteiger partial charge in [0, 0.05) is 21.1 Å². The Bertz CT molecular complexity index is 2070. The number of nitrogens with zero attached hydrogens (tertiary/aromatic N) is 3. The first-order valence-electron chi connectivity index (χ1n) is 16.5. The topological polar surface area (TPSA) is 112 Å². The molecule has 3 aliphatic rings. The highest BCUT2D eigenvalue weighted by atomic mass is 35.5. The number of nitrogens with one attached hydrogen (secondary N) is 2. The van der Waals surface area contributed by atoms with Gasteiger partial charge in [-0.1, -0.05) is 102 Å². The number of β-lactam (4-membered cyclic amide) rings is 1. The number of rotatable bonds is 10. The van der Waals surface area contributed by atoms with E-state index in [0.29, 0.717) is 26.3 Å². The predicted octanol–water partition coefficient (Wildman–Crippen LogP) is 6.77. The lowest BCUT2D eigenvalue weighted by molar-refractivity contribution is -0.573. The van der Waals surface area contributed by atoms with Gasteiger partial charge in [0.2, 0.25) is 5.91 Å². The van der Waals surface area contributed by atoms with Gasteiger partial charge < -0.3 is 10.1 Å². The lowest BCUT2D eigenvalue weighted by Gasteiger charge is -2.49. The monoisotopic (exact) mass is 804 g/mol. The van der Waals surface area contributed by atoms with E-state index in [9.17, 15) is 19.2 Å². The van der Waals surface area contributed by atoms with Crippen molar-refractivity contribution in [2.24, 2.45) is 0 Å². The molecule has 7 rings (SSSR count). The van der Waals surface area contributed by atoms with E-state index >= 15 is 0 Å². The van der Waals surface area contributed by atoms with Crippen molar-refractivity contribution >= 4 is 82.3 Å². The molecule has 3 aliphatic heterocycles. The van der Waals surface area contributed by atoms with Crippen LogP contribution in [0.1, 0.15) is 24.2 Å². The molecule has 4 aromatic rings. The van der Waals surface area contributed by atoms with E-state index in [4.69, 9.17) is 27.9 Å². The van der Waals surface area contributed by atoms with Crippen molar-refractivity contribution < 1.29 is 28.5 Å². The molecular formula is C38H32Cl2N5O5S3+. The van der Waals surface area contributed by atoms with Crippen molar-refractivity contribution in [2.45, 2.75) is 34.7 Å². The van der Waals surface area contributed by atoms with Crippen LogP contribution in [0.15, 0.2) is 137 Å². The molecule has 3 unspecified atom stereocenters. The molecule has 0 saturated carbocycles. The summed E-state index contributed by atoms with van der Waals surface area (Å²) >= 11 is 16.3. The number of hydrazine groups is 1. The molecule has 53 heavy (non-hydrogen) atoms. The third kappa shape index (κ3) is 8.09. The smallest absolute Gasteiger partial charge is 0.448 e. The molecule has 270 valence electrons. The van der Waals surface area contributed by atoms with Crippen molar-refractivity contribution in [1.29, 1.82) is 0 Å². The van der Waals surface area contributed by atoms with Crippen LogP contribution in [0.5, 0.6) is 0 Å². The Morgan fingerprint density at radius 3 is 2.26 bits per heavy atom. The van der Waals surface area contributed by atoms with Crippen molar-refractivity contribution in [2.75, 3.05) is 11.5 Å². The van der Waals surface area contributed by atoms with Gasteiger partial charge in [-0.25, -0.2) is 9.80 Å². The minimum Gasteiger partial charge on any atom is -0.448 e. The number of esters is 1. The zero-order valence-electron chi connectivity index (χ0n) is 28.1. The van der Waals surface area contributed by atoms with Crippen LogP contribution in [-0.2, 0) is 19.1 Å². The molecule has 0 aliphatic carbocycles. The Morgan fingerprint density at radius 2 is 1.60 bits per heavy atom. The number of amides is 3. The molecule has 2 N–H and O–H groups in total. The maximum absolute atomic E-state index is 14.5. The number of ether oxygens (including phenoxy) is 1. The summed E-state index contributed by atoms with van der Waals surface area (Å²) in [5.74, 6) is -1.02. The Labute approximate surface area is 328 Å². The summed E-state index contributed by atoms with van der Waals surface area (Å²) in [5.41, 5.74) is 5.16. The molecule has 3 aromatic carbocycles. The molecule has 0 bridgehead atoms. The van der Waals surface area contributed by atoms with E-state index in [-0.39, 0.29) is 28.8 Å². The maximum Gasteiger partial charge on any atom is 0.519 e. The number of allylic oxidation sites excluding steroid dienone is 1. The maximum atomic E-state index is 14.5. The lowest BCUT2D eigenvalue weighted by atomic mass is 10.0. The number of pyridine rings is 1. The highest BCUT2D eigenvalue weighted by molar-refractivity contribution is 8.04. The quantitative estimate of drug-likeness (QED) is 0.0777. The number of halogens is 2. The van der Waals surface area contributed by atoms with Gasteiger partial charge >= 0.3 is 12.0 Å². The summed E-state index contributed by atoms with van der Waals surface area (Å²) in [6.45, 7) is 1.93. The Balaban J connectivity index is 1.16. The van der Waals surface area contributed by atoms with Crippen molar-refractivity contribution in [1.82, 2.24) is 20.7 Å². The largest absolute Gasteiger partial charge is 0.519 e. The van der Waals surface area contributed by atoms with Gasteiger partial charge in [-0.2, -0.15) is 9.36 Å². The molecule has 3 amide bonds. The summed E-state index contributed by atoms with van der Waals surface area (Å²) in [6.07, 6.45) is 4.32.